The van der Waals surface area contributed by atoms with Crippen LogP contribution in [0.5, 0.6) is 5.75 Å². The Balaban J connectivity index is 1.73. The zero-order valence-electron chi connectivity index (χ0n) is 15.0. The molecule has 2 aromatic carbocycles. The Bertz CT molecular complexity index is 915. The summed E-state index contributed by atoms with van der Waals surface area (Å²) in [5.41, 5.74) is 1.97. The average Bonchev–Trinajstić information content (AvgIpc) is 2.70. The van der Waals surface area contributed by atoms with Gasteiger partial charge in [-0.15, -0.1) is 5.10 Å². The summed E-state index contributed by atoms with van der Waals surface area (Å²) >= 11 is 0. The fraction of sp³-hybridized carbons (Fsp3) is 0.158. The van der Waals surface area contributed by atoms with E-state index in [4.69, 9.17) is 4.74 Å². The molecule has 0 aliphatic rings. The molecule has 0 unspecified atom stereocenters. The van der Waals surface area contributed by atoms with Crippen LogP contribution in [0.4, 0.5) is 23.1 Å². The lowest BCUT2D eigenvalue weighted by Crippen LogP contribution is -2.04. The summed E-state index contributed by atoms with van der Waals surface area (Å²) in [4.78, 5) is 15.9. The van der Waals surface area contributed by atoms with Gasteiger partial charge in [0.2, 0.25) is 5.95 Å². The zero-order valence-corrected chi connectivity index (χ0v) is 15.0. The van der Waals surface area contributed by atoms with Gasteiger partial charge in [-0.1, -0.05) is 12.1 Å². The van der Waals surface area contributed by atoms with Crippen molar-refractivity contribution in [1.29, 1.82) is 0 Å². The number of aromatic nitrogens is 3. The quantitative estimate of drug-likeness (QED) is 0.614. The number of rotatable bonds is 7. The molecule has 1 aromatic heterocycles. The molecular weight excluding hydrogens is 346 g/mol. The largest absolute Gasteiger partial charge is 0.492 e. The molecule has 0 amide bonds. The SMILES string of the molecule is CCOc1ccccc1Nc1cnnc(Nc2ccc(C(=O)OC)cc2)n1. The van der Waals surface area contributed by atoms with E-state index in [1.807, 2.05) is 31.2 Å². The number of hydrogen-bond donors (Lipinski definition) is 2. The lowest BCUT2D eigenvalue weighted by molar-refractivity contribution is 0.0601. The predicted octanol–water partition coefficient (Wildman–Crippen LogP) is 3.54. The van der Waals surface area contributed by atoms with Gasteiger partial charge in [0.15, 0.2) is 5.82 Å². The molecule has 0 radical (unpaired) electrons. The van der Waals surface area contributed by atoms with Gasteiger partial charge in [-0.25, -0.2) is 4.79 Å². The maximum Gasteiger partial charge on any atom is 0.337 e. The van der Waals surface area contributed by atoms with E-state index < -0.39 is 5.97 Å². The van der Waals surface area contributed by atoms with Crippen molar-refractivity contribution in [3.8, 4) is 5.75 Å². The van der Waals surface area contributed by atoms with Crippen molar-refractivity contribution in [2.75, 3.05) is 24.4 Å². The maximum atomic E-state index is 11.5. The average molecular weight is 365 g/mol. The molecule has 0 saturated heterocycles. The summed E-state index contributed by atoms with van der Waals surface area (Å²) in [6, 6.07) is 14.4. The van der Waals surface area contributed by atoms with Crippen molar-refractivity contribution in [2.45, 2.75) is 6.92 Å². The third-order valence-corrected chi connectivity index (χ3v) is 3.57. The molecule has 0 aliphatic carbocycles. The van der Waals surface area contributed by atoms with Crippen LogP contribution in [0.2, 0.25) is 0 Å². The minimum absolute atomic E-state index is 0.319. The van der Waals surface area contributed by atoms with E-state index in [0.717, 1.165) is 17.1 Å². The highest BCUT2D eigenvalue weighted by Crippen LogP contribution is 2.26. The van der Waals surface area contributed by atoms with Crippen molar-refractivity contribution >= 4 is 29.1 Å². The molecule has 1 heterocycles. The standard InChI is InChI=1S/C19H19N5O3/c1-3-27-16-7-5-4-6-15(16)22-17-12-20-24-19(23-17)21-14-10-8-13(9-11-14)18(25)26-2/h4-12H,3H2,1-2H3,(H2,21,22,23,24). The minimum atomic E-state index is -0.390. The third-order valence-electron chi connectivity index (χ3n) is 3.57. The Morgan fingerprint density at radius 2 is 1.85 bits per heavy atom. The first-order valence-electron chi connectivity index (χ1n) is 8.33. The molecule has 2 N–H and O–H groups in total. The lowest BCUT2D eigenvalue weighted by Gasteiger charge is -2.12. The molecule has 8 heteroatoms. The Labute approximate surface area is 156 Å². The first-order chi connectivity index (χ1) is 13.2. The van der Waals surface area contributed by atoms with Gasteiger partial charge in [-0.3, -0.25) is 0 Å². The van der Waals surface area contributed by atoms with E-state index in [2.05, 4.69) is 30.6 Å². The van der Waals surface area contributed by atoms with Gasteiger partial charge >= 0.3 is 5.97 Å². The summed E-state index contributed by atoms with van der Waals surface area (Å²) < 4.78 is 10.3. The number of hydrogen-bond acceptors (Lipinski definition) is 8. The molecule has 8 nitrogen and oxygen atoms in total. The first-order valence-corrected chi connectivity index (χ1v) is 8.33. The molecule has 0 fully saturated rings. The molecule has 3 rings (SSSR count). The topological polar surface area (TPSA) is 98.3 Å². The smallest absolute Gasteiger partial charge is 0.337 e. The maximum absolute atomic E-state index is 11.5. The van der Waals surface area contributed by atoms with Crippen molar-refractivity contribution in [2.24, 2.45) is 0 Å². The van der Waals surface area contributed by atoms with E-state index in [1.54, 1.807) is 24.3 Å². The number of nitrogens with one attached hydrogen (secondary N) is 2. The number of nitrogens with zero attached hydrogens (tertiary/aromatic N) is 3. The van der Waals surface area contributed by atoms with Crippen molar-refractivity contribution < 1.29 is 14.3 Å². The number of esters is 1. The monoisotopic (exact) mass is 365 g/mol. The summed E-state index contributed by atoms with van der Waals surface area (Å²) in [7, 11) is 1.34. The van der Waals surface area contributed by atoms with Gasteiger partial charge in [-0.05, 0) is 43.3 Å². The van der Waals surface area contributed by atoms with Gasteiger partial charge in [0.1, 0.15) is 5.75 Å². The van der Waals surface area contributed by atoms with E-state index in [9.17, 15) is 4.79 Å². The number of benzene rings is 2. The highest BCUT2D eigenvalue weighted by Gasteiger charge is 2.07. The number of anilines is 4. The minimum Gasteiger partial charge on any atom is -0.492 e. The van der Waals surface area contributed by atoms with E-state index >= 15 is 0 Å². The second-order valence-corrected chi connectivity index (χ2v) is 5.41. The van der Waals surface area contributed by atoms with Gasteiger partial charge in [-0.2, -0.15) is 10.1 Å². The normalized spacial score (nSPS) is 10.1. The number of para-hydroxylation sites is 2. The fourth-order valence-corrected chi connectivity index (χ4v) is 2.34. The molecule has 0 saturated carbocycles. The van der Waals surface area contributed by atoms with E-state index in [-0.39, 0.29) is 0 Å². The molecule has 0 aliphatic heterocycles. The molecule has 27 heavy (non-hydrogen) atoms. The molecule has 138 valence electrons. The summed E-state index contributed by atoms with van der Waals surface area (Å²) in [5, 5.41) is 14.2. The van der Waals surface area contributed by atoms with Crippen LogP contribution < -0.4 is 15.4 Å². The van der Waals surface area contributed by atoms with Gasteiger partial charge in [0, 0.05) is 5.69 Å². The van der Waals surface area contributed by atoms with Crippen LogP contribution in [-0.2, 0) is 4.74 Å². The summed E-state index contributed by atoms with van der Waals surface area (Å²) in [6.45, 7) is 2.49. The second kappa shape index (κ2) is 8.61. The molecule has 0 bridgehead atoms. The second-order valence-electron chi connectivity index (χ2n) is 5.41. The van der Waals surface area contributed by atoms with Crippen molar-refractivity contribution in [3.05, 3.63) is 60.3 Å². The Morgan fingerprint density at radius 1 is 1.07 bits per heavy atom. The first kappa shape index (κ1) is 18.1. The van der Waals surface area contributed by atoms with Crippen molar-refractivity contribution in [1.82, 2.24) is 15.2 Å². The third kappa shape index (κ3) is 4.69. The van der Waals surface area contributed by atoms with Crippen LogP contribution in [0, 0.1) is 0 Å². The van der Waals surface area contributed by atoms with Crippen molar-refractivity contribution in [3.63, 3.8) is 0 Å². The van der Waals surface area contributed by atoms with Gasteiger partial charge in [0.05, 0.1) is 31.2 Å². The van der Waals surface area contributed by atoms with Crippen LogP contribution in [0.1, 0.15) is 17.3 Å². The highest BCUT2D eigenvalue weighted by atomic mass is 16.5. The summed E-state index contributed by atoms with van der Waals surface area (Å²) in [6.07, 6.45) is 1.52. The van der Waals surface area contributed by atoms with Crippen LogP contribution in [0.3, 0.4) is 0 Å². The van der Waals surface area contributed by atoms with Crippen LogP contribution in [-0.4, -0.2) is 34.9 Å². The molecule has 3 aromatic rings. The van der Waals surface area contributed by atoms with Crippen LogP contribution >= 0.6 is 0 Å². The highest BCUT2D eigenvalue weighted by molar-refractivity contribution is 5.89. The summed E-state index contributed by atoms with van der Waals surface area (Å²) in [5.74, 6) is 1.18. The number of ether oxygens (including phenoxy) is 2. The van der Waals surface area contributed by atoms with Gasteiger partial charge in [0.25, 0.3) is 0 Å². The van der Waals surface area contributed by atoms with Crippen LogP contribution in [0.15, 0.2) is 54.7 Å². The molecule has 0 spiro atoms. The lowest BCUT2D eigenvalue weighted by atomic mass is 10.2. The van der Waals surface area contributed by atoms with Crippen LogP contribution in [0.25, 0.3) is 0 Å². The number of carbonyl (C=O) groups excluding carboxylic acids is 1. The fourth-order valence-electron chi connectivity index (χ4n) is 2.34. The Hall–Kier alpha value is -3.68. The van der Waals surface area contributed by atoms with E-state index in [1.165, 1.54) is 13.3 Å². The Kier molecular flexibility index (Phi) is 5.78. The Morgan fingerprint density at radius 3 is 2.59 bits per heavy atom. The predicted molar refractivity (Wildman–Crippen MR) is 102 cm³/mol. The zero-order chi connectivity index (χ0) is 19.1. The number of methoxy groups -OCH3 is 1. The van der Waals surface area contributed by atoms with E-state index in [0.29, 0.717) is 23.9 Å². The van der Waals surface area contributed by atoms with Gasteiger partial charge < -0.3 is 20.1 Å². The molecular formula is C19H19N5O3. The number of carbonyl (C=O) groups is 1. The molecule has 0 atom stereocenters.